The SMILES string of the molecule is C=CCNC(=O)c1cccc(C(=O)Nc2c(C)cccc2C(C)C)n1. The van der Waals surface area contributed by atoms with Crippen LogP contribution in [0, 0.1) is 6.92 Å². The van der Waals surface area contributed by atoms with Crippen molar-refractivity contribution < 1.29 is 9.59 Å². The summed E-state index contributed by atoms with van der Waals surface area (Å²) in [6, 6.07) is 10.7. The van der Waals surface area contributed by atoms with Crippen LogP contribution in [0.4, 0.5) is 5.69 Å². The van der Waals surface area contributed by atoms with Crippen LogP contribution >= 0.6 is 0 Å². The molecule has 1 heterocycles. The van der Waals surface area contributed by atoms with E-state index in [1.807, 2.05) is 25.1 Å². The number of para-hydroxylation sites is 1. The van der Waals surface area contributed by atoms with E-state index in [0.29, 0.717) is 6.54 Å². The molecule has 0 radical (unpaired) electrons. The molecule has 1 aromatic heterocycles. The zero-order valence-electron chi connectivity index (χ0n) is 14.8. The molecule has 2 amide bonds. The minimum Gasteiger partial charge on any atom is -0.347 e. The number of rotatable bonds is 6. The fourth-order valence-corrected chi connectivity index (χ4v) is 2.46. The minimum absolute atomic E-state index is 0.198. The van der Waals surface area contributed by atoms with E-state index in [1.165, 1.54) is 0 Å². The lowest BCUT2D eigenvalue weighted by molar-refractivity contribution is 0.0953. The molecular formula is C20H23N3O2. The molecule has 0 atom stereocenters. The van der Waals surface area contributed by atoms with Gasteiger partial charge in [0.15, 0.2) is 0 Å². The van der Waals surface area contributed by atoms with Crippen molar-refractivity contribution in [2.24, 2.45) is 0 Å². The normalized spacial score (nSPS) is 10.4. The number of pyridine rings is 1. The summed E-state index contributed by atoms with van der Waals surface area (Å²) >= 11 is 0. The number of nitrogens with zero attached hydrogens (tertiary/aromatic N) is 1. The molecule has 0 unspecified atom stereocenters. The van der Waals surface area contributed by atoms with E-state index in [2.05, 4.69) is 36.0 Å². The van der Waals surface area contributed by atoms with E-state index in [-0.39, 0.29) is 29.1 Å². The van der Waals surface area contributed by atoms with E-state index in [0.717, 1.165) is 16.8 Å². The van der Waals surface area contributed by atoms with Gasteiger partial charge in [-0.05, 0) is 36.1 Å². The van der Waals surface area contributed by atoms with Gasteiger partial charge in [-0.1, -0.05) is 44.2 Å². The topological polar surface area (TPSA) is 71.1 Å². The number of aromatic nitrogens is 1. The number of aryl methyl sites for hydroxylation is 1. The lowest BCUT2D eigenvalue weighted by Crippen LogP contribution is -2.25. The molecule has 0 aliphatic rings. The Morgan fingerprint density at radius 3 is 2.40 bits per heavy atom. The summed E-state index contributed by atoms with van der Waals surface area (Å²) in [5.41, 5.74) is 3.24. The summed E-state index contributed by atoms with van der Waals surface area (Å²) in [6.45, 7) is 10.0. The van der Waals surface area contributed by atoms with Crippen molar-refractivity contribution >= 4 is 17.5 Å². The number of carbonyl (C=O) groups excluding carboxylic acids is 2. The maximum Gasteiger partial charge on any atom is 0.274 e. The largest absolute Gasteiger partial charge is 0.347 e. The maximum absolute atomic E-state index is 12.6. The van der Waals surface area contributed by atoms with Crippen LogP contribution in [0.1, 0.15) is 51.9 Å². The third-order valence-electron chi connectivity index (χ3n) is 3.79. The number of amides is 2. The average Bonchev–Trinajstić information content (AvgIpc) is 2.61. The first-order valence-electron chi connectivity index (χ1n) is 8.21. The van der Waals surface area contributed by atoms with E-state index in [4.69, 9.17) is 0 Å². The van der Waals surface area contributed by atoms with Gasteiger partial charge in [0.25, 0.3) is 11.8 Å². The highest BCUT2D eigenvalue weighted by Crippen LogP contribution is 2.27. The lowest BCUT2D eigenvalue weighted by atomic mass is 9.98. The van der Waals surface area contributed by atoms with Crippen molar-refractivity contribution in [1.82, 2.24) is 10.3 Å². The second-order valence-electron chi connectivity index (χ2n) is 6.05. The molecule has 1 aromatic carbocycles. The molecule has 0 aliphatic heterocycles. The molecule has 2 N–H and O–H groups in total. The summed E-state index contributed by atoms with van der Waals surface area (Å²) in [6.07, 6.45) is 1.58. The summed E-state index contributed by atoms with van der Waals surface area (Å²) in [5.74, 6) is -0.401. The molecule has 0 aliphatic carbocycles. The van der Waals surface area contributed by atoms with Crippen molar-refractivity contribution in [3.05, 3.63) is 71.6 Å². The third kappa shape index (κ3) is 4.53. The molecule has 5 heteroatoms. The molecule has 5 nitrogen and oxygen atoms in total. The van der Waals surface area contributed by atoms with Crippen molar-refractivity contribution in [2.75, 3.05) is 11.9 Å². The van der Waals surface area contributed by atoms with Crippen LogP contribution in [0.25, 0.3) is 0 Å². The number of nitrogens with one attached hydrogen (secondary N) is 2. The van der Waals surface area contributed by atoms with Crippen LogP contribution in [-0.2, 0) is 0 Å². The van der Waals surface area contributed by atoms with Crippen molar-refractivity contribution in [3.8, 4) is 0 Å². The van der Waals surface area contributed by atoms with Gasteiger partial charge >= 0.3 is 0 Å². The third-order valence-corrected chi connectivity index (χ3v) is 3.79. The van der Waals surface area contributed by atoms with Crippen LogP contribution in [0.15, 0.2) is 49.1 Å². The van der Waals surface area contributed by atoms with Gasteiger partial charge in [0.2, 0.25) is 0 Å². The van der Waals surface area contributed by atoms with Crippen molar-refractivity contribution in [3.63, 3.8) is 0 Å². The molecule has 0 spiro atoms. The Hall–Kier alpha value is -2.95. The molecule has 130 valence electrons. The average molecular weight is 337 g/mol. The highest BCUT2D eigenvalue weighted by atomic mass is 16.2. The Kier molecular flexibility index (Phi) is 6.06. The Bertz CT molecular complexity index is 797. The van der Waals surface area contributed by atoms with Crippen LogP contribution in [0.5, 0.6) is 0 Å². The lowest BCUT2D eigenvalue weighted by Gasteiger charge is -2.16. The standard InChI is InChI=1S/C20H23N3O2/c1-5-12-21-19(24)16-10-7-11-17(22-16)20(25)23-18-14(4)8-6-9-15(18)13(2)3/h5-11,13H,1,12H2,2-4H3,(H,21,24)(H,23,25). The Morgan fingerprint density at radius 2 is 1.76 bits per heavy atom. The number of hydrogen-bond donors (Lipinski definition) is 2. The first-order chi connectivity index (χ1) is 11.9. The van der Waals surface area contributed by atoms with Gasteiger partial charge in [0, 0.05) is 12.2 Å². The highest BCUT2D eigenvalue weighted by Gasteiger charge is 2.15. The quantitative estimate of drug-likeness (QED) is 0.790. The van der Waals surface area contributed by atoms with E-state index >= 15 is 0 Å². The van der Waals surface area contributed by atoms with Gasteiger partial charge in [-0.3, -0.25) is 9.59 Å². The fourth-order valence-electron chi connectivity index (χ4n) is 2.46. The van der Waals surface area contributed by atoms with Crippen molar-refractivity contribution in [2.45, 2.75) is 26.7 Å². The Labute approximate surface area is 148 Å². The van der Waals surface area contributed by atoms with Crippen LogP contribution < -0.4 is 10.6 Å². The Balaban J connectivity index is 2.25. The van der Waals surface area contributed by atoms with Gasteiger partial charge in [-0.15, -0.1) is 6.58 Å². The first kappa shape index (κ1) is 18.4. The molecule has 0 saturated heterocycles. The minimum atomic E-state index is -0.340. The van der Waals surface area contributed by atoms with Crippen LogP contribution in [-0.4, -0.2) is 23.3 Å². The van der Waals surface area contributed by atoms with Crippen molar-refractivity contribution in [1.29, 1.82) is 0 Å². The predicted molar refractivity (Wildman–Crippen MR) is 100.0 cm³/mol. The molecular weight excluding hydrogens is 314 g/mol. The second kappa shape index (κ2) is 8.24. The predicted octanol–water partition coefficient (Wildman–Crippen LogP) is 3.68. The van der Waals surface area contributed by atoms with E-state index in [1.54, 1.807) is 24.3 Å². The van der Waals surface area contributed by atoms with Gasteiger partial charge in [0.1, 0.15) is 11.4 Å². The zero-order valence-corrected chi connectivity index (χ0v) is 14.8. The number of benzene rings is 1. The summed E-state index contributed by atoms with van der Waals surface area (Å²) in [7, 11) is 0. The molecule has 2 rings (SSSR count). The molecule has 2 aromatic rings. The summed E-state index contributed by atoms with van der Waals surface area (Å²) < 4.78 is 0. The second-order valence-corrected chi connectivity index (χ2v) is 6.05. The monoisotopic (exact) mass is 337 g/mol. The first-order valence-corrected chi connectivity index (χ1v) is 8.21. The summed E-state index contributed by atoms with van der Waals surface area (Å²) in [5, 5.41) is 5.58. The van der Waals surface area contributed by atoms with Crippen LogP contribution in [0.3, 0.4) is 0 Å². The molecule has 0 bridgehead atoms. The number of carbonyl (C=O) groups is 2. The zero-order chi connectivity index (χ0) is 18.4. The Morgan fingerprint density at radius 1 is 1.12 bits per heavy atom. The maximum atomic E-state index is 12.6. The van der Waals surface area contributed by atoms with Gasteiger partial charge < -0.3 is 10.6 Å². The number of anilines is 1. The molecule has 25 heavy (non-hydrogen) atoms. The van der Waals surface area contributed by atoms with Crippen LogP contribution in [0.2, 0.25) is 0 Å². The van der Waals surface area contributed by atoms with Gasteiger partial charge in [-0.2, -0.15) is 0 Å². The summed E-state index contributed by atoms with van der Waals surface area (Å²) in [4.78, 5) is 28.8. The number of hydrogen-bond acceptors (Lipinski definition) is 3. The van der Waals surface area contributed by atoms with E-state index < -0.39 is 0 Å². The molecule has 0 fully saturated rings. The fraction of sp³-hybridized carbons (Fsp3) is 0.250. The smallest absolute Gasteiger partial charge is 0.274 e. The van der Waals surface area contributed by atoms with Gasteiger partial charge in [-0.25, -0.2) is 4.98 Å². The highest BCUT2D eigenvalue weighted by molar-refractivity contribution is 6.04. The van der Waals surface area contributed by atoms with Gasteiger partial charge in [0.05, 0.1) is 0 Å². The molecule has 0 saturated carbocycles. The van der Waals surface area contributed by atoms with E-state index in [9.17, 15) is 9.59 Å².